The average Bonchev–Trinajstić information content (AvgIpc) is 2.30. The second kappa shape index (κ2) is 5.58. The predicted octanol–water partition coefficient (Wildman–Crippen LogP) is 1.62. The largest absolute Gasteiger partial charge is 0.497 e. The van der Waals surface area contributed by atoms with Crippen molar-refractivity contribution < 1.29 is 9.47 Å². The molecule has 0 fully saturated rings. The highest BCUT2D eigenvalue weighted by Gasteiger charge is 2.10. The van der Waals surface area contributed by atoms with Gasteiger partial charge in [0.25, 0.3) is 0 Å². The molecule has 0 saturated carbocycles. The van der Waals surface area contributed by atoms with Gasteiger partial charge in [-0.25, -0.2) is 0 Å². The number of rotatable bonds is 5. The normalized spacial score (nSPS) is 12.3. The van der Waals surface area contributed by atoms with Crippen molar-refractivity contribution in [1.29, 1.82) is 0 Å². The van der Waals surface area contributed by atoms with Crippen LogP contribution in [0.4, 0.5) is 0 Å². The molecule has 0 saturated heterocycles. The van der Waals surface area contributed by atoms with E-state index in [9.17, 15) is 0 Å². The van der Waals surface area contributed by atoms with Crippen LogP contribution < -0.4 is 20.7 Å². The van der Waals surface area contributed by atoms with E-state index in [2.05, 4.69) is 12.3 Å². The van der Waals surface area contributed by atoms with Gasteiger partial charge in [0.2, 0.25) is 0 Å². The lowest BCUT2D eigenvalue weighted by molar-refractivity contribution is 0.391. The van der Waals surface area contributed by atoms with Gasteiger partial charge < -0.3 is 9.47 Å². The van der Waals surface area contributed by atoms with Gasteiger partial charge in [-0.05, 0) is 24.1 Å². The first-order chi connectivity index (χ1) is 7.24. The topological polar surface area (TPSA) is 56.5 Å². The van der Waals surface area contributed by atoms with Crippen molar-refractivity contribution in [2.45, 2.75) is 19.4 Å². The van der Waals surface area contributed by atoms with Crippen molar-refractivity contribution in [3.63, 3.8) is 0 Å². The highest BCUT2D eigenvalue weighted by atomic mass is 16.5. The molecule has 0 radical (unpaired) electrons. The van der Waals surface area contributed by atoms with E-state index in [1.165, 1.54) is 0 Å². The zero-order chi connectivity index (χ0) is 11.3. The van der Waals surface area contributed by atoms with Crippen molar-refractivity contribution >= 4 is 0 Å². The zero-order valence-electron chi connectivity index (χ0n) is 9.41. The Bertz CT molecular complexity index is 289. The summed E-state index contributed by atoms with van der Waals surface area (Å²) in [4.78, 5) is 0. The molecule has 1 atom stereocenters. The van der Waals surface area contributed by atoms with E-state index in [0.717, 1.165) is 23.5 Å². The van der Waals surface area contributed by atoms with Crippen LogP contribution in [0.25, 0.3) is 0 Å². The third-order valence-electron chi connectivity index (χ3n) is 2.39. The summed E-state index contributed by atoms with van der Waals surface area (Å²) in [6.07, 6.45) is 0.910. The van der Waals surface area contributed by atoms with Gasteiger partial charge in [-0.2, -0.15) is 0 Å². The summed E-state index contributed by atoms with van der Waals surface area (Å²) in [7, 11) is 3.27. The summed E-state index contributed by atoms with van der Waals surface area (Å²) in [5, 5.41) is 0. The Hall–Kier alpha value is -1.26. The second-order valence-electron chi connectivity index (χ2n) is 3.27. The van der Waals surface area contributed by atoms with E-state index >= 15 is 0 Å². The fourth-order valence-electron chi connectivity index (χ4n) is 1.48. The third-order valence-corrected chi connectivity index (χ3v) is 2.39. The molecular formula is C11H18N2O2. The molecule has 0 aromatic heterocycles. The minimum absolute atomic E-state index is 0.119. The smallest absolute Gasteiger partial charge is 0.122 e. The molecule has 0 aliphatic heterocycles. The molecule has 4 heteroatoms. The Labute approximate surface area is 90.3 Å². The molecule has 1 rings (SSSR count). The number of benzene rings is 1. The van der Waals surface area contributed by atoms with Crippen LogP contribution >= 0.6 is 0 Å². The van der Waals surface area contributed by atoms with Crippen LogP contribution in [0.1, 0.15) is 24.9 Å². The molecule has 0 spiro atoms. The Morgan fingerprint density at radius 2 is 1.73 bits per heavy atom. The van der Waals surface area contributed by atoms with E-state index in [4.69, 9.17) is 15.3 Å². The van der Waals surface area contributed by atoms with Crippen molar-refractivity contribution in [2.24, 2.45) is 5.84 Å². The Kier molecular flexibility index (Phi) is 4.39. The quantitative estimate of drug-likeness (QED) is 0.572. The first kappa shape index (κ1) is 11.8. The Morgan fingerprint density at radius 3 is 2.07 bits per heavy atom. The summed E-state index contributed by atoms with van der Waals surface area (Å²) in [5.41, 5.74) is 3.83. The van der Waals surface area contributed by atoms with Crippen molar-refractivity contribution in [1.82, 2.24) is 5.43 Å². The molecule has 0 aliphatic carbocycles. The van der Waals surface area contributed by atoms with Crippen LogP contribution in [0, 0.1) is 0 Å². The molecule has 3 N–H and O–H groups in total. The summed E-state index contributed by atoms with van der Waals surface area (Å²) in [6, 6.07) is 5.87. The molecule has 1 unspecified atom stereocenters. The standard InChI is InChI=1S/C11H18N2O2/c1-4-11(13-12)8-5-9(14-2)7-10(6-8)15-3/h5-7,11,13H,4,12H2,1-3H3. The van der Waals surface area contributed by atoms with Crippen LogP contribution in [0.3, 0.4) is 0 Å². The monoisotopic (exact) mass is 210 g/mol. The molecule has 0 heterocycles. The SMILES string of the molecule is CCC(NN)c1cc(OC)cc(OC)c1. The van der Waals surface area contributed by atoms with Crippen molar-refractivity contribution in [3.8, 4) is 11.5 Å². The van der Waals surface area contributed by atoms with Crippen LogP contribution in [0.5, 0.6) is 11.5 Å². The number of methoxy groups -OCH3 is 2. The molecule has 0 aliphatic rings. The number of nitrogens with two attached hydrogens (primary N) is 1. The van der Waals surface area contributed by atoms with Crippen LogP contribution in [0.15, 0.2) is 18.2 Å². The maximum atomic E-state index is 5.47. The van der Waals surface area contributed by atoms with E-state index in [0.29, 0.717) is 0 Å². The molecule has 15 heavy (non-hydrogen) atoms. The maximum Gasteiger partial charge on any atom is 0.122 e. The number of nitrogens with one attached hydrogen (secondary N) is 1. The minimum atomic E-state index is 0.119. The first-order valence-corrected chi connectivity index (χ1v) is 4.94. The predicted molar refractivity (Wildman–Crippen MR) is 59.9 cm³/mol. The maximum absolute atomic E-state index is 5.47. The van der Waals surface area contributed by atoms with E-state index in [-0.39, 0.29) is 6.04 Å². The molecule has 0 amide bonds. The fraction of sp³-hybridized carbons (Fsp3) is 0.455. The minimum Gasteiger partial charge on any atom is -0.497 e. The Morgan fingerprint density at radius 1 is 1.20 bits per heavy atom. The van der Waals surface area contributed by atoms with E-state index in [1.54, 1.807) is 14.2 Å². The van der Waals surface area contributed by atoms with E-state index in [1.807, 2.05) is 18.2 Å². The van der Waals surface area contributed by atoms with E-state index < -0.39 is 0 Å². The van der Waals surface area contributed by atoms with Gasteiger partial charge >= 0.3 is 0 Å². The van der Waals surface area contributed by atoms with Crippen LogP contribution in [-0.4, -0.2) is 14.2 Å². The lowest BCUT2D eigenvalue weighted by Gasteiger charge is -2.16. The van der Waals surface area contributed by atoms with Gasteiger partial charge in [-0.3, -0.25) is 11.3 Å². The summed E-state index contributed by atoms with van der Waals surface area (Å²) in [6.45, 7) is 2.07. The molecule has 84 valence electrons. The molecular weight excluding hydrogens is 192 g/mol. The van der Waals surface area contributed by atoms with Crippen molar-refractivity contribution in [3.05, 3.63) is 23.8 Å². The Balaban J connectivity index is 3.05. The number of hydrogen-bond donors (Lipinski definition) is 2. The summed E-state index contributed by atoms with van der Waals surface area (Å²) >= 11 is 0. The van der Waals surface area contributed by atoms with Gasteiger partial charge in [0.15, 0.2) is 0 Å². The first-order valence-electron chi connectivity index (χ1n) is 4.94. The number of hydrogen-bond acceptors (Lipinski definition) is 4. The van der Waals surface area contributed by atoms with Crippen LogP contribution in [0.2, 0.25) is 0 Å². The van der Waals surface area contributed by atoms with Gasteiger partial charge in [-0.15, -0.1) is 0 Å². The highest BCUT2D eigenvalue weighted by Crippen LogP contribution is 2.27. The second-order valence-corrected chi connectivity index (χ2v) is 3.27. The lowest BCUT2D eigenvalue weighted by Crippen LogP contribution is -2.27. The molecule has 1 aromatic rings. The highest BCUT2D eigenvalue weighted by molar-refractivity contribution is 5.39. The lowest BCUT2D eigenvalue weighted by atomic mass is 10.0. The molecule has 1 aromatic carbocycles. The molecule has 4 nitrogen and oxygen atoms in total. The summed E-state index contributed by atoms with van der Waals surface area (Å²) in [5.74, 6) is 7.02. The van der Waals surface area contributed by atoms with Gasteiger partial charge in [0, 0.05) is 12.1 Å². The number of hydrazine groups is 1. The van der Waals surface area contributed by atoms with Gasteiger partial charge in [0.05, 0.1) is 14.2 Å². The van der Waals surface area contributed by atoms with Gasteiger partial charge in [0.1, 0.15) is 11.5 Å². The molecule has 0 bridgehead atoms. The van der Waals surface area contributed by atoms with Crippen molar-refractivity contribution in [2.75, 3.05) is 14.2 Å². The summed E-state index contributed by atoms with van der Waals surface area (Å²) < 4.78 is 10.4. The average molecular weight is 210 g/mol. The third kappa shape index (κ3) is 2.84. The van der Waals surface area contributed by atoms with Gasteiger partial charge in [-0.1, -0.05) is 6.92 Å². The van der Waals surface area contributed by atoms with Crippen LogP contribution in [-0.2, 0) is 0 Å². The number of ether oxygens (including phenoxy) is 2. The fourth-order valence-corrected chi connectivity index (χ4v) is 1.48. The zero-order valence-corrected chi connectivity index (χ0v) is 9.41.